The molecular formula is C23H25FN2O2. The number of hydrogen-bond acceptors (Lipinski definition) is 2. The number of halogens is 1. The van der Waals surface area contributed by atoms with Gasteiger partial charge in [-0.3, -0.25) is 0 Å². The second kappa shape index (κ2) is 8.40. The number of carboxylic acid groups (broad SMARTS) is 1. The average Bonchev–Trinajstić information content (AvgIpc) is 2.89. The quantitative estimate of drug-likeness (QED) is 0.630. The van der Waals surface area contributed by atoms with Crippen LogP contribution in [0.15, 0.2) is 48.5 Å². The second-order valence-corrected chi connectivity index (χ2v) is 7.07. The van der Waals surface area contributed by atoms with Gasteiger partial charge in [0.2, 0.25) is 0 Å². The van der Waals surface area contributed by atoms with Gasteiger partial charge in [-0.1, -0.05) is 36.4 Å². The largest absolute Gasteiger partial charge is 0.478 e. The Morgan fingerprint density at radius 1 is 1.00 bits per heavy atom. The molecule has 2 aromatic carbocycles. The molecule has 0 aliphatic carbocycles. The Balaban J connectivity index is 1.84. The smallest absolute Gasteiger partial charge is 0.337 e. The summed E-state index contributed by atoms with van der Waals surface area (Å²) in [7, 11) is 0. The molecule has 146 valence electrons. The summed E-state index contributed by atoms with van der Waals surface area (Å²) in [6.07, 6.45) is 0. The van der Waals surface area contributed by atoms with Crippen molar-refractivity contribution in [3.8, 4) is 0 Å². The number of nitrogens with zero attached hydrogens (tertiary/aromatic N) is 1. The molecule has 0 saturated heterocycles. The van der Waals surface area contributed by atoms with E-state index in [1.165, 1.54) is 23.3 Å². The molecule has 0 bridgehead atoms. The maximum atomic E-state index is 13.0. The molecule has 1 heterocycles. The minimum absolute atomic E-state index is 0.267. The van der Waals surface area contributed by atoms with E-state index in [1.807, 2.05) is 26.0 Å². The molecule has 4 nitrogen and oxygen atoms in total. The lowest BCUT2D eigenvalue weighted by atomic mass is 10.1. The van der Waals surface area contributed by atoms with Crippen molar-refractivity contribution in [2.24, 2.45) is 0 Å². The SMILES string of the molecule is Cc1ccccc1Cn1c(C)c(CNCc2ccc(F)cc2)c(C(=O)O)c1C. The predicted molar refractivity (Wildman–Crippen MR) is 108 cm³/mol. The molecule has 3 aromatic rings. The van der Waals surface area contributed by atoms with E-state index in [0.29, 0.717) is 25.2 Å². The molecule has 0 radical (unpaired) electrons. The van der Waals surface area contributed by atoms with Crippen LogP contribution in [-0.2, 0) is 19.6 Å². The second-order valence-electron chi connectivity index (χ2n) is 7.07. The number of hydrogen-bond donors (Lipinski definition) is 2. The highest BCUT2D eigenvalue weighted by atomic mass is 19.1. The van der Waals surface area contributed by atoms with Crippen LogP contribution in [0.25, 0.3) is 0 Å². The number of nitrogens with one attached hydrogen (secondary N) is 1. The third kappa shape index (κ3) is 4.15. The number of rotatable bonds is 7. The molecule has 5 heteroatoms. The minimum atomic E-state index is -0.914. The van der Waals surface area contributed by atoms with Gasteiger partial charge in [-0.2, -0.15) is 0 Å². The van der Waals surface area contributed by atoms with Crippen molar-refractivity contribution in [3.05, 3.63) is 93.6 Å². The topological polar surface area (TPSA) is 54.3 Å². The van der Waals surface area contributed by atoms with Crippen LogP contribution in [0.3, 0.4) is 0 Å². The van der Waals surface area contributed by atoms with Crippen molar-refractivity contribution in [2.45, 2.75) is 40.4 Å². The number of aromatic nitrogens is 1. The highest BCUT2D eigenvalue weighted by Crippen LogP contribution is 2.24. The molecule has 0 fully saturated rings. The van der Waals surface area contributed by atoms with E-state index in [-0.39, 0.29) is 5.82 Å². The molecule has 0 spiro atoms. The third-order valence-corrected chi connectivity index (χ3v) is 5.26. The van der Waals surface area contributed by atoms with Crippen LogP contribution in [-0.4, -0.2) is 15.6 Å². The standard InChI is InChI=1S/C23H25FN2O2/c1-15-6-4-5-7-19(15)14-26-16(2)21(22(17(26)3)23(27)28)13-25-12-18-8-10-20(24)11-9-18/h4-11,25H,12-14H2,1-3H3,(H,27,28). The van der Waals surface area contributed by atoms with Gasteiger partial charge in [-0.05, 0) is 49.6 Å². The summed E-state index contributed by atoms with van der Waals surface area (Å²) >= 11 is 0. The van der Waals surface area contributed by atoms with Crippen LogP contribution in [0.2, 0.25) is 0 Å². The Kier molecular flexibility index (Phi) is 5.95. The van der Waals surface area contributed by atoms with Gasteiger partial charge in [0, 0.05) is 36.6 Å². The fraction of sp³-hybridized carbons (Fsp3) is 0.261. The highest BCUT2D eigenvalue weighted by molar-refractivity contribution is 5.91. The molecule has 0 amide bonds. The van der Waals surface area contributed by atoms with E-state index in [2.05, 4.69) is 28.9 Å². The Hall–Kier alpha value is -2.92. The van der Waals surface area contributed by atoms with Crippen LogP contribution >= 0.6 is 0 Å². The summed E-state index contributed by atoms with van der Waals surface area (Å²) in [5, 5.41) is 13.1. The number of carboxylic acids is 1. The molecule has 0 aliphatic rings. The van der Waals surface area contributed by atoms with Crippen molar-refractivity contribution in [1.82, 2.24) is 9.88 Å². The lowest BCUT2D eigenvalue weighted by molar-refractivity contribution is 0.0694. The van der Waals surface area contributed by atoms with Gasteiger partial charge in [-0.25, -0.2) is 9.18 Å². The Bertz CT molecular complexity index is 991. The molecule has 2 N–H and O–H groups in total. The lowest BCUT2D eigenvalue weighted by Crippen LogP contribution is -2.15. The zero-order valence-corrected chi connectivity index (χ0v) is 16.4. The van der Waals surface area contributed by atoms with Crippen LogP contribution in [0.1, 0.15) is 44.0 Å². The number of aromatic carboxylic acids is 1. The number of benzene rings is 2. The van der Waals surface area contributed by atoms with Crippen LogP contribution in [0, 0.1) is 26.6 Å². The van der Waals surface area contributed by atoms with Crippen molar-refractivity contribution in [2.75, 3.05) is 0 Å². The van der Waals surface area contributed by atoms with Gasteiger partial charge in [0.1, 0.15) is 5.82 Å². The summed E-state index contributed by atoms with van der Waals surface area (Å²) in [6.45, 7) is 7.51. The summed E-state index contributed by atoms with van der Waals surface area (Å²) in [6, 6.07) is 14.4. The normalized spacial score (nSPS) is 11.0. The van der Waals surface area contributed by atoms with E-state index in [0.717, 1.165) is 22.5 Å². The molecule has 28 heavy (non-hydrogen) atoms. The minimum Gasteiger partial charge on any atom is -0.478 e. The van der Waals surface area contributed by atoms with E-state index in [1.54, 1.807) is 12.1 Å². The fourth-order valence-corrected chi connectivity index (χ4v) is 3.58. The molecule has 0 saturated carbocycles. The van der Waals surface area contributed by atoms with Gasteiger partial charge >= 0.3 is 5.97 Å². The maximum absolute atomic E-state index is 13.0. The maximum Gasteiger partial charge on any atom is 0.337 e. The van der Waals surface area contributed by atoms with E-state index in [4.69, 9.17) is 0 Å². The van der Waals surface area contributed by atoms with Crippen molar-refractivity contribution in [1.29, 1.82) is 0 Å². The molecule has 0 atom stereocenters. The van der Waals surface area contributed by atoms with Crippen molar-refractivity contribution in [3.63, 3.8) is 0 Å². The summed E-state index contributed by atoms with van der Waals surface area (Å²) in [4.78, 5) is 11.9. The summed E-state index contributed by atoms with van der Waals surface area (Å²) in [5.74, 6) is -1.18. The van der Waals surface area contributed by atoms with Crippen LogP contribution in [0.4, 0.5) is 4.39 Å². The number of aryl methyl sites for hydroxylation is 1. The zero-order chi connectivity index (χ0) is 20.3. The lowest BCUT2D eigenvalue weighted by Gasteiger charge is -2.12. The van der Waals surface area contributed by atoms with Crippen molar-refractivity contribution >= 4 is 5.97 Å². The molecule has 1 aromatic heterocycles. The van der Waals surface area contributed by atoms with E-state index < -0.39 is 5.97 Å². The number of carbonyl (C=O) groups is 1. The van der Waals surface area contributed by atoms with E-state index >= 15 is 0 Å². The fourth-order valence-electron chi connectivity index (χ4n) is 3.58. The summed E-state index contributed by atoms with van der Waals surface area (Å²) in [5.41, 5.74) is 6.16. The van der Waals surface area contributed by atoms with Crippen molar-refractivity contribution < 1.29 is 14.3 Å². The third-order valence-electron chi connectivity index (χ3n) is 5.26. The van der Waals surface area contributed by atoms with Gasteiger partial charge < -0.3 is 15.0 Å². The van der Waals surface area contributed by atoms with E-state index in [9.17, 15) is 14.3 Å². The van der Waals surface area contributed by atoms with Gasteiger partial charge in [0.25, 0.3) is 0 Å². The average molecular weight is 380 g/mol. The van der Waals surface area contributed by atoms with Gasteiger partial charge in [-0.15, -0.1) is 0 Å². The molecule has 0 unspecified atom stereocenters. The first-order valence-corrected chi connectivity index (χ1v) is 9.30. The predicted octanol–water partition coefficient (Wildman–Crippen LogP) is 4.59. The summed E-state index contributed by atoms with van der Waals surface area (Å²) < 4.78 is 15.1. The first kappa shape index (κ1) is 19.8. The van der Waals surface area contributed by atoms with Gasteiger partial charge in [0.15, 0.2) is 0 Å². The monoisotopic (exact) mass is 380 g/mol. The van der Waals surface area contributed by atoms with Gasteiger partial charge in [0.05, 0.1) is 5.56 Å². The Morgan fingerprint density at radius 2 is 1.68 bits per heavy atom. The molecule has 0 aliphatic heterocycles. The highest BCUT2D eigenvalue weighted by Gasteiger charge is 2.22. The zero-order valence-electron chi connectivity index (χ0n) is 16.4. The molecular weight excluding hydrogens is 355 g/mol. The first-order valence-electron chi connectivity index (χ1n) is 9.30. The first-order chi connectivity index (χ1) is 13.4. The Morgan fingerprint density at radius 3 is 2.32 bits per heavy atom. The van der Waals surface area contributed by atoms with Crippen LogP contribution in [0.5, 0.6) is 0 Å². The van der Waals surface area contributed by atoms with Crippen LogP contribution < -0.4 is 5.32 Å². The molecule has 3 rings (SSSR count). The Labute approximate surface area is 164 Å².